The number of benzene rings is 2. The summed E-state index contributed by atoms with van der Waals surface area (Å²) in [6, 6.07) is 11.7. The van der Waals surface area contributed by atoms with Gasteiger partial charge in [-0.1, -0.05) is 28.1 Å². The standard InChI is InChI=1S/C16H15BrN2O/c1-9-3-5-12(7-10(9)2)18-15-13-6-4-11(17)8-14(13)19-16(15)20/h3-8,15,18H,1-2H3,(H,19,20). The molecule has 0 radical (unpaired) electrons. The lowest BCUT2D eigenvalue weighted by Crippen LogP contribution is -2.19. The average Bonchev–Trinajstić information content (AvgIpc) is 2.69. The monoisotopic (exact) mass is 330 g/mol. The molecule has 1 amide bonds. The normalized spacial score (nSPS) is 16.8. The van der Waals surface area contributed by atoms with Crippen molar-refractivity contribution in [1.29, 1.82) is 0 Å². The van der Waals surface area contributed by atoms with Crippen molar-refractivity contribution in [2.75, 3.05) is 10.6 Å². The molecule has 0 saturated carbocycles. The number of fused-ring (bicyclic) bond motifs is 1. The predicted molar refractivity (Wildman–Crippen MR) is 85.1 cm³/mol. The molecule has 4 heteroatoms. The van der Waals surface area contributed by atoms with Gasteiger partial charge in [-0.3, -0.25) is 4.79 Å². The van der Waals surface area contributed by atoms with Gasteiger partial charge in [0, 0.05) is 21.4 Å². The smallest absolute Gasteiger partial charge is 0.251 e. The Hall–Kier alpha value is -1.81. The van der Waals surface area contributed by atoms with E-state index >= 15 is 0 Å². The van der Waals surface area contributed by atoms with Gasteiger partial charge in [0.1, 0.15) is 6.04 Å². The second-order valence-electron chi connectivity index (χ2n) is 5.10. The second-order valence-corrected chi connectivity index (χ2v) is 6.01. The maximum atomic E-state index is 12.1. The lowest BCUT2D eigenvalue weighted by molar-refractivity contribution is -0.116. The molecule has 0 fully saturated rings. The third-order valence-corrected chi connectivity index (χ3v) is 4.16. The molecule has 3 rings (SSSR count). The fourth-order valence-corrected chi connectivity index (χ4v) is 2.74. The summed E-state index contributed by atoms with van der Waals surface area (Å²) in [4.78, 5) is 12.1. The van der Waals surface area contributed by atoms with Crippen LogP contribution < -0.4 is 10.6 Å². The summed E-state index contributed by atoms with van der Waals surface area (Å²) in [7, 11) is 0. The molecule has 2 aromatic rings. The quantitative estimate of drug-likeness (QED) is 0.867. The zero-order valence-corrected chi connectivity index (χ0v) is 12.9. The fraction of sp³-hybridized carbons (Fsp3) is 0.188. The van der Waals surface area contributed by atoms with Gasteiger partial charge in [-0.15, -0.1) is 0 Å². The van der Waals surface area contributed by atoms with Crippen LogP contribution in [-0.4, -0.2) is 5.91 Å². The molecule has 0 spiro atoms. The molecule has 0 saturated heterocycles. The molecular weight excluding hydrogens is 316 g/mol. The topological polar surface area (TPSA) is 41.1 Å². The van der Waals surface area contributed by atoms with Gasteiger partial charge in [0.2, 0.25) is 0 Å². The number of anilines is 2. The number of nitrogens with one attached hydrogen (secondary N) is 2. The van der Waals surface area contributed by atoms with Gasteiger partial charge in [0.15, 0.2) is 0 Å². The molecule has 1 aliphatic heterocycles. The maximum absolute atomic E-state index is 12.1. The summed E-state index contributed by atoms with van der Waals surface area (Å²) in [5.41, 5.74) is 5.27. The molecule has 2 N–H and O–H groups in total. The SMILES string of the molecule is Cc1ccc(NC2C(=O)Nc3cc(Br)ccc32)cc1C. The first kappa shape index (κ1) is 13.2. The van der Waals surface area contributed by atoms with Crippen LogP contribution in [-0.2, 0) is 4.79 Å². The molecule has 1 aliphatic rings. The third-order valence-electron chi connectivity index (χ3n) is 3.66. The largest absolute Gasteiger partial charge is 0.370 e. The van der Waals surface area contributed by atoms with E-state index in [4.69, 9.17) is 0 Å². The highest BCUT2D eigenvalue weighted by Gasteiger charge is 2.30. The number of carbonyl (C=O) groups excluding carboxylic acids is 1. The number of hydrogen-bond donors (Lipinski definition) is 2. The minimum atomic E-state index is -0.333. The highest BCUT2D eigenvalue weighted by molar-refractivity contribution is 9.10. The molecule has 1 unspecified atom stereocenters. The van der Waals surface area contributed by atoms with Crippen molar-refractivity contribution in [2.24, 2.45) is 0 Å². The summed E-state index contributed by atoms with van der Waals surface area (Å²) in [5.74, 6) is -0.0173. The Labute approximate surface area is 126 Å². The Balaban J connectivity index is 1.92. The first-order valence-electron chi connectivity index (χ1n) is 6.49. The van der Waals surface area contributed by atoms with Crippen molar-refractivity contribution in [3.63, 3.8) is 0 Å². The van der Waals surface area contributed by atoms with Gasteiger partial charge in [-0.25, -0.2) is 0 Å². The van der Waals surface area contributed by atoms with Crippen LogP contribution in [0.4, 0.5) is 11.4 Å². The molecule has 102 valence electrons. The van der Waals surface area contributed by atoms with Crippen LogP contribution in [0, 0.1) is 13.8 Å². The van der Waals surface area contributed by atoms with Crippen molar-refractivity contribution in [2.45, 2.75) is 19.9 Å². The van der Waals surface area contributed by atoms with E-state index in [1.165, 1.54) is 11.1 Å². The van der Waals surface area contributed by atoms with Crippen molar-refractivity contribution in [1.82, 2.24) is 0 Å². The van der Waals surface area contributed by atoms with Crippen LogP contribution in [0.25, 0.3) is 0 Å². The van der Waals surface area contributed by atoms with Crippen LogP contribution in [0.2, 0.25) is 0 Å². The van der Waals surface area contributed by atoms with E-state index in [0.717, 1.165) is 21.4 Å². The number of halogens is 1. The molecule has 3 nitrogen and oxygen atoms in total. The zero-order valence-electron chi connectivity index (χ0n) is 11.3. The Morgan fingerprint density at radius 3 is 2.65 bits per heavy atom. The van der Waals surface area contributed by atoms with Crippen molar-refractivity contribution >= 4 is 33.2 Å². The van der Waals surface area contributed by atoms with Gasteiger partial charge in [-0.05, 0) is 49.2 Å². The molecule has 1 heterocycles. The number of amides is 1. The summed E-state index contributed by atoms with van der Waals surface area (Å²) in [6.45, 7) is 4.15. The minimum absolute atomic E-state index is 0.0173. The van der Waals surface area contributed by atoms with E-state index in [0.29, 0.717) is 0 Å². The Morgan fingerprint density at radius 2 is 1.90 bits per heavy atom. The Morgan fingerprint density at radius 1 is 1.10 bits per heavy atom. The Kier molecular flexibility index (Phi) is 3.26. The molecule has 1 atom stereocenters. The van der Waals surface area contributed by atoms with E-state index in [-0.39, 0.29) is 11.9 Å². The number of rotatable bonds is 2. The van der Waals surface area contributed by atoms with Gasteiger partial charge < -0.3 is 10.6 Å². The maximum Gasteiger partial charge on any atom is 0.251 e. The van der Waals surface area contributed by atoms with Gasteiger partial charge >= 0.3 is 0 Å². The summed E-state index contributed by atoms with van der Waals surface area (Å²) in [6.07, 6.45) is 0. The van der Waals surface area contributed by atoms with Crippen LogP contribution in [0.3, 0.4) is 0 Å². The molecule has 0 bridgehead atoms. The van der Waals surface area contributed by atoms with Crippen molar-refractivity contribution in [3.05, 3.63) is 57.6 Å². The number of aryl methyl sites for hydroxylation is 2. The molecule has 2 aromatic carbocycles. The molecule has 0 aliphatic carbocycles. The second kappa shape index (κ2) is 4.94. The zero-order chi connectivity index (χ0) is 14.3. The van der Waals surface area contributed by atoms with Gasteiger partial charge in [0.25, 0.3) is 5.91 Å². The van der Waals surface area contributed by atoms with E-state index < -0.39 is 0 Å². The van der Waals surface area contributed by atoms with Crippen molar-refractivity contribution in [3.8, 4) is 0 Å². The molecule has 20 heavy (non-hydrogen) atoms. The summed E-state index contributed by atoms with van der Waals surface area (Å²) >= 11 is 3.42. The summed E-state index contributed by atoms with van der Waals surface area (Å²) < 4.78 is 0.961. The summed E-state index contributed by atoms with van der Waals surface area (Å²) in [5, 5.41) is 6.21. The van der Waals surface area contributed by atoms with E-state index in [1.807, 2.05) is 24.3 Å². The third kappa shape index (κ3) is 2.31. The van der Waals surface area contributed by atoms with Gasteiger partial charge in [-0.2, -0.15) is 0 Å². The van der Waals surface area contributed by atoms with E-state index in [9.17, 15) is 4.79 Å². The van der Waals surface area contributed by atoms with Crippen LogP contribution in [0.5, 0.6) is 0 Å². The first-order chi connectivity index (χ1) is 9.54. The van der Waals surface area contributed by atoms with Crippen LogP contribution in [0.15, 0.2) is 40.9 Å². The lowest BCUT2D eigenvalue weighted by Gasteiger charge is -2.14. The molecule has 0 aromatic heterocycles. The number of carbonyl (C=O) groups is 1. The average molecular weight is 331 g/mol. The Bertz CT molecular complexity index is 697. The highest BCUT2D eigenvalue weighted by atomic mass is 79.9. The number of hydrogen-bond acceptors (Lipinski definition) is 2. The van der Waals surface area contributed by atoms with Crippen LogP contribution >= 0.6 is 15.9 Å². The molecular formula is C16H15BrN2O. The van der Waals surface area contributed by atoms with E-state index in [2.05, 4.69) is 52.5 Å². The first-order valence-corrected chi connectivity index (χ1v) is 7.28. The highest BCUT2D eigenvalue weighted by Crippen LogP contribution is 2.35. The van der Waals surface area contributed by atoms with Crippen molar-refractivity contribution < 1.29 is 4.79 Å². The van der Waals surface area contributed by atoms with E-state index in [1.54, 1.807) is 0 Å². The lowest BCUT2D eigenvalue weighted by atomic mass is 10.1. The predicted octanol–water partition coefficient (Wildman–Crippen LogP) is 4.17. The van der Waals surface area contributed by atoms with Crippen LogP contribution in [0.1, 0.15) is 22.7 Å². The van der Waals surface area contributed by atoms with Gasteiger partial charge in [0.05, 0.1) is 0 Å². The minimum Gasteiger partial charge on any atom is -0.370 e. The fourth-order valence-electron chi connectivity index (χ4n) is 2.38.